The first-order valence-corrected chi connectivity index (χ1v) is 5.92. The molecule has 104 valence electrons. The van der Waals surface area contributed by atoms with Crippen molar-refractivity contribution in [3.8, 4) is 0 Å². The molecule has 0 aliphatic carbocycles. The second kappa shape index (κ2) is 5.47. The molecule has 2 aromatic rings. The average Bonchev–Trinajstić information content (AvgIpc) is 2.82. The van der Waals surface area contributed by atoms with E-state index in [1.165, 1.54) is 16.8 Å². The molecule has 1 N–H and O–H groups in total. The summed E-state index contributed by atoms with van der Waals surface area (Å²) < 4.78 is 1.49. The average molecular weight is 276 g/mol. The van der Waals surface area contributed by atoms with E-state index in [0.29, 0.717) is 18.7 Å². The van der Waals surface area contributed by atoms with Crippen molar-refractivity contribution in [1.82, 2.24) is 15.0 Å². The van der Waals surface area contributed by atoms with Gasteiger partial charge < -0.3 is 5.11 Å². The Kier molecular flexibility index (Phi) is 3.74. The van der Waals surface area contributed by atoms with Crippen LogP contribution in [-0.2, 0) is 13.0 Å². The number of nitrogens with zero attached hydrogens (tertiary/aromatic N) is 4. The lowest BCUT2D eigenvalue weighted by Gasteiger charge is -2.05. The van der Waals surface area contributed by atoms with Crippen molar-refractivity contribution in [2.24, 2.45) is 0 Å². The van der Waals surface area contributed by atoms with Gasteiger partial charge in [0.2, 0.25) is 0 Å². The zero-order chi connectivity index (χ0) is 14.7. The third-order valence-electron chi connectivity index (χ3n) is 2.85. The number of carboxylic acid groups (broad SMARTS) is 1. The molecule has 0 aliphatic heterocycles. The summed E-state index contributed by atoms with van der Waals surface area (Å²) in [5.74, 6) is -1.11. The summed E-state index contributed by atoms with van der Waals surface area (Å²) in [6, 6.07) is 6.02. The fourth-order valence-corrected chi connectivity index (χ4v) is 1.87. The Morgan fingerprint density at radius 2 is 2.05 bits per heavy atom. The van der Waals surface area contributed by atoms with Crippen LogP contribution in [0.25, 0.3) is 0 Å². The molecule has 0 fully saturated rings. The molecule has 0 amide bonds. The van der Waals surface area contributed by atoms with Gasteiger partial charge in [0, 0.05) is 12.1 Å². The van der Waals surface area contributed by atoms with Crippen LogP contribution in [0.1, 0.15) is 28.7 Å². The molecule has 8 nitrogen and oxygen atoms in total. The molecule has 0 unspecified atom stereocenters. The number of rotatable bonds is 5. The summed E-state index contributed by atoms with van der Waals surface area (Å²) in [6.07, 6.45) is 0.488. The molecule has 1 aromatic carbocycles. The molecule has 20 heavy (non-hydrogen) atoms. The third-order valence-corrected chi connectivity index (χ3v) is 2.85. The van der Waals surface area contributed by atoms with E-state index in [1.54, 1.807) is 12.1 Å². The van der Waals surface area contributed by atoms with Crippen molar-refractivity contribution in [3.63, 3.8) is 0 Å². The molecule has 8 heteroatoms. The fraction of sp³-hybridized carbons (Fsp3) is 0.250. The number of non-ortho nitro benzene ring substituents is 1. The topological polar surface area (TPSA) is 111 Å². The molecule has 0 bridgehead atoms. The summed E-state index contributed by atoms with van der Waals surface area (Å²) in [5.41, 5.74) is 1.26. The third kappa shape index (κ3) is 2.63. The summed E-state index contributed by atoms with van der Waals surface area (Å²) >= 11 is 0. The van der Waals surface area contributed by atoms with Gasteiger partial charge in [0.1, 0.15) is 0 Å². The van der Waals surface area contributed by atoms with Crippen molar-refractivity contribution < 1.29 is 14.8 Å². The van der Waals surface area contributed by atoms with E-state index in [0.717, 1.165) is 5.56 Å². The highest BCUT2D eigenvalue weighted by Gasteiger charge is 2.17. The molecule has 1 heterocycles. The predicted octanol–water partition coefficient (Wildman–Crippen LogP) is 1.50. The summed E-state index contributed by atoms with van der Waals surface area (Å²) in [6.45, 7) is 2.14. The number of hydrogen-bond donors (Lipinski definition) is 1. The molecular weight excluding hydrogens is 264 g/mol. The second-order valence-corrected chi connectivity index (χ2v) is 4.12. The summed E-state index contributed by atoms with van der Waals surface area (Å²) in [5, 5.41) is 27.0. The zero-order valence-electron chi connectivity index (χ0n) is 10.7. The number of benzene rings is 1. The first-order valence-electron chi connectivity index (χ1n) is 5.92. The smallest absolute Gasteiger partial charge is 0.358 e. The van der Waals surface area contributed by atoms with E-state index in [2.05, 4.69) is 10.3 Å². The maximum atomic E-state index is 11.0. The van der Waals surface area contributed by atoms with Gasteiger partial charge >= 0.3 is 5.97 Å². The van der Waals surface area contributed by atoms with Crippen molar-refractivity contribution in [3.05, 3.63) is 51.3 Å². The largest absolute Gasteiger partial charge is 0.476 e. The lowest BCUT2D eigenvalue weighted by Crippen LogP contribution is -2.08. The molecule has 0 saturated carbocycles. The molecule has 0 aliphatic rings. The van der Waals surface area contributed by atoms with E-state index in [-0.39, 0.29) is 11.4 Å². The fourth-order valence-electron chi connectivity index (χ4n) is 1.87. The van der Waals surface area contributed by atoms with Crippen LogP contribution in [0, 0.1) is 10.1 Å². The van der Waals surface area contributed by atoms with Crippen LogP contribution in [0.4, 0.5) is 5.69 Å². The van der Waals surface area contributed by atoms with Crippen LogP contribution in [-0.4, -0.2) is 31.0 Å². The minimum atomic E-state index is -1.11. The van der Waals surface area contributed by atoms with Crippen LogP contribution in [0.15, 0.2) is 24.3 Å². The molecule has 1 aromatic heterocycles. The normalized spacial score (nSPS) is 10.4. The van der Waals surface area contributed by atoms with Crippen LogP contribution in [0.5, 0.6) is 0 Å². The second-order valence-electron chi connectivity index (χ2n) is 4.12. The molecule has 0 atom stereocenters. The Labute approximate surface area is 113 Å². The van der Waals surface area contributed by atoms with E-state index in [4.69, 9.17) is 5.11 Å². The van der Waals surface area contributed by atoms with Crippen LogP contribution >= 0.6 is 0 Å². The maximum absolute atomic E-state index is 11.0. The van der Waals surface area contributed by atoms with Crippen LogP contribution in [0.2, 0.25) is 0 Å². The number of carboxylic acids is 1. The zero-order valence-corrected chi connectivity index (χ0v) is 10.7. The number of aromatic nitrogens is 3. The van der Waals surface area contributed by atoms with E-state index < -0.39 is 10.9 Å². The maximum Gasteiger partial charge on any atom is 0.358 e. The van der Waals surface area contributed by atoms with Gasteiger partial charge in [0.25, 0.3) is 5.69 Å². The van der Waals surface area contributed by atoms with E-state index in [9.17, 15) is 14.9 Å². The first kappa shape index (κ1) is 13.7. The van der Waals surface area contributed by atoms with E-state index in [1.807, 2.05) is 6.92 Å². The minimum Gasteiger partial charge on any atom is -0.476 e. The van der Waals surface area contributed by atoms with Gasteiger partial charge in [-0.3, -0.25) is 10.1 Å². The Morgan fingerprint density at radius 3 is 2.55 bits per heavy atom. The number of nitro groups is 1. The van der Waals surface area contributed by atoms with Crippen molar-refractivity contribution in [1.29, 1.82) is 0 Å². The van der Waals surface area contributed by atoms with Crippen molar-refractivity contribution >= 4 is 11.7 Å². The van der Waals surface area contributed by atoms with Crippen molar-refractivity contribution in [2.75, 3.05) is 0 Å². The Balaban J connectivity index is 2.26. The number of carbonyl (C=O) groups is 1. The molecule has 0 saturated heterocycles. The van der Waals surface area contributed by atoms with E-state index >= 15 is 0 Å². The summed E-state index contributed by atoms with van der Waals surface area (Å²) in [4.78, 5) is 21.1. The highest BCUT2D eigenvalue weighted by Crippen LogP contribution is 2.14. The lowest BCUT2D eigenvalue weighted by molar-refractivity contribution is -0.384. The SMILES string of the molecule is CCc1c(C(=O)O)nnn1Cc1ccc([N+](=O)[O-])cc1. The molecule has 0 spiro atoms. The van der Waals surface area contributed by atoms with Gasteiger partial charge in [-0.1, -0.05) is 24.3 Å². The summed E-state index contributed by atoms with van der Waals surface area (Å²) in [7, 11) is 0. The molecule has 0 radical (unpaired) electrons. The first-order chi connectivity index (χ1) is 9.52. The highest BCUT2D eigenvalue weighted by atomic mass is 16.6. The van der Waals surface area contributed by atoms with Crippen molar-refractivity contribution in [2.45, 2.75) is 19.9 Å². The monoisotopic (exact) mass is 276 g/mol. The molecule has 2 rings (SSSR count). The number of hydrogen-bond acceptors (Lipinski definition) is 5. The highest BCUT2D eigenvalue weighted by molar-refractivity contribution is 5.86. The van der Waals surface area contributed by atoms with Gasteiger partial charge in [-0.15, -0.1) is 5.10 Å². The van der Waals surface area contributed by atoms with Gasteiger partial charge in [-0.25, -0.2) is 9.48 Å². The Morgan fingerprint density at radius 1 is 1.40 bits per heavy atom. The number of aromatic carboxylic acids is 1. The van der Waals surface area contributed by atoms with Gasteiger partial charge in [0.05, 0.1) is 17.2 Å². The standard InChI is InChI=1S/C12H12N4O4/c1-2-10-11(12(17)18)13-14-15(10)7-8-3-5-9(6-4-8)16(19)20/h3-6H,2,7H2,1H3,(H,17,18). The minimum absolute atomic E-state index is 0.00859. The molecular formula is C12H12N4O4. The van der Waals surface area contributed by atoms with Gasteiger partial charge in [0.15, 0.2) is 5.69 Å². The van der Waals surface area contributed by atoms with Crippen LogP contribution in [0.3, 0.4) is 0 Å². The lowest BCUT2D eigenvalue weighted by atomic mass is 10.2. The van der Waals surface area contributed by atoms with Crippen LogP contribution < -0.4 is 0 Å². The predicted molar refractivity (Wildman–Crippen MR) is 68.6 cm³/mol. The Bertz CT molecular complexity index is 648. The van der Waals surface area contributed by atoms with Gasteiger partial charge in [-0.2, -0.15) is 0 Å². The number of nitro benzene ring substituents is 1. The Hall–Kier alpha value is -2.77. The quantitative estimate of drug-likeness (QED) is 0.654. The van der Waals surface area contributed by atoms with Gasteiger partial charge in [-0.05, 0) is 12.0 Å².